The Kier molecular flexibility index (Phi) is 7.01. The molecule has 0 amide bonds. The molecule has 1 aromatic heterocycles. The molecule has 1 atom stereocenters. The molecule has 0 aliphatic heterocycles. The Hall–Kier alpha value is -2.89. The van der Waals surface area contributed by atoms with Crippen molar-refractivity contribution in [1.82, 2.24) is 9.47 Å². The number of aryl methyl sites for hydroxylation is 1. The lowest BCUT2D eigenvalue weighted by molar-refractivity contribution is 0.0697. The van der Waals surface area contributed by atoms with Crippen LogP contribution in [0.3, 0.4) is 0 Å². The molecule has 0 saturated heterocycles. The fourth-order valence-electron chi connectivity index (χ4n) is 4.26. The molecule has 2 aromatic carbocycles. The zero-order valence-corrected chi connectivity index (χ0v) is 19.8. The first kappa shape index (κ1) is 23.3. The van der Waals surface area contributed by atoms with Gasteiger partial charge in [-0.05, 0) is 74.0 Å². The number of carboxylic acids is 1. The van der Waals surface area contributed by atoms with E-state index in [0.717, 1.165) is 24.1 Å². The molecule has 1 aliphatic rings. The van der Waals surface area contributed by atoms with Gasteiger partial charge in [0, 0.05) is 24.8 Å². The monoisotopic (exact) mass is 464 g/mol. The predicted molar refractivity (Wildman–Crippen MR) is 131 cm³/mol. The van der Waals surface area contributed by atoms with E-state index in [1.807, 2.05) is 41.0 Å². The number of aromatic nitrogens is 1. The van der Waals surface area contributed by atoms with E-state index in [2.05, 4.69) is 31.0 Å². The minimum absolute atomic E-state index is 0.168. The smallest absolute Gasteiger partial charge is 0.335 e. The molecule has 3 aromatic rings. The highest BCUT2D eigenvalue weighted by atomic mass is 35.5. The van der Waals surface area contributed by atoms with Crippen molar-refractivity contribution < 1.29 is 9.90 Å². The van der Waals surface area contributed by atoms with Crippen molar-refractivity contribution in [3.05, 3.63) is 104 Å². The molecule has 0 unspecified atom stereocenters. The Morgan fingerprint density at radius 1 is 1.15 bits per heavy atom. The maximum absolute atomic E-state index is 13.1. The van der Waals surface area contributed by atoms with Crippen LogP contribution in [-0.2, 0) is 19.5 Å². The lowest BCUT2D eigenvalue weighted by Gasteiger charge is -2.28. The molecule has 1 N–H and O–H groups in total. The number of benzene rings is 2. The zero-order chi connectivity index (χ0) is 23.5. The molecule has 6 heteroatoms. The maximum Gasteiger partial charge on any atom is 0.335 e. The van der Waals surface area contributed by atoms with Crippen LogP contribution in [-0.4, -0.2) is 27.6 Å². The topological polar surface area (TPSA) is 62.5 Å². The Morgan fingerprint density at radius 2 is 1.82 bits per heavy atom. The van der Waals surface area contributed by atoms with Gasteiger partial charge in [0.1, 0.15) is 5.02 Å². The van der Waals surface area contributed by atoms with Crippen LogP contribution in [0.2, 0.25) is 5.02 Å². The lowest BCUT2D eigenvalue weighted by atomic mass is 10.0. The second kappa shape index (κ2) is 9.94. The molecule has 0 bridgehead atoms. The average molecular weight is 465 g/mol. The third kappa shape index (κ3) is 5.37. The first-order valence-corrected chi connectivity index (χ1v) is 11.7. The minimum Gasteiger partial charge on any atom is -0.478 e. The number of carboxylic acid groups (broad SMARTS) is 1. The van der Waals surface area contributed by atoms with Crippen LogP contribution in [0.25, 0.3) is 0 Å². The highest BCUT2D eigenvalue weighted by Gasteiger charge is 2.29. The summed E-state index contributed by atoms with van der Waals surface area (Å²) in [6.45, 7) is 3.31. The summed E-state index contributed by atoms with van der Waals surface area (Å²) in [7, 11) is 2.09. The zero-order valence-electron chi connectivity index (χ0n) is 19.0. The number of aromatic carboxylic acids is 1. The summed E-state index contributed by atoms with van der Waals surface area (Å²) < 4.78 is 1.83. The summed E-state index contributed by atoms with van der Waals surface area (Å²) in [6.07, 6.45) is 2.86. The van der Waals surface area contributed by atoms with Crippen LogP contribution in [0.15, 0.2) is 65.5 Å². The van der Waals surface area contributed by atoms with Gasteiger partial charge < -0.3 is 9.67 Å². The third-order valence-corrected chi connectivity index (χ3v) is 6.85. The van der Waals surface area contributed by atoms with E-state index >= 15 is 0 Å². The summed E-state index contributed by atoms with van der Waals surface area (Å²) in [5.41, 5.74) is 4.50. The van der Waals surface area contributed by atoms with Gasteiger partial charge in [0.15, 0.2) is 0 Å². The van der Waals surface area contributed by atoms with Gasteiger partial charge in [0.05, 0.1) is 5.56 Å². The summed E-state index contributed by atoms with van der Waals surface area (Å²) in [5.74, 6) is -0.487. The standard InChI is InChI=1S/C27H29ClN2O3/c1-18(20-6-4-3-5-7-20)29(2)17-25-23(21-12-13-21)16-24(28)26(31)30(25)15-14-19-8-10-22(11-9-19)27(32)33/h3-11,16,18,21H,12-15,17H2,1-2H3,(H,32,33)/t18-/m0/s1. The van der Waals surface area contributed by atoms with Crippen molar-refractivity contribution in [2.75, 3.05) is 7.05 Å². The third-order valence-electron chi connectivity index (χ3n) is 6.58. The maximum atomic E-state index is 13.1. The molecular weight excluding hydrogens is 436 g/mol. The van der Waals surface area contributed by atoms with Crippen molar-refractivity contribution in [1.29, 1.82) is 0 Å². The number of carbonyl (C=O) groups is 1. The van der Waals surface area contributed by atoms with Gasteiger partial charge in [-0.3, -0.25) is 9.69 Å². The van der Waals surface area contributed by atoms with Gasteiger partial charge in [-0.25, -0.2) is 4.79 Å². The van der Waals surface area contributed by atoms with Crippen LogP contribution >= 0.6 is 11.6 Å². The van der Waals surface area contributed by atoms with E-state index in [4.69, 9.17) is 16.7 Å². The van der Waals surface area contributed by atoms with Crippen molar-refractivity contribution in [2.24, 2.45) is 0 Å². The van der Waals surface area contributed by atoms with Crippen LogP contribution in [0, 0.1) is 0 Å². The van der Waals surface area contributed by atoms with Crippen molar-refractivity contribution in [3.63, 3.8) is 0 Å². The molecule has 1 heterocycles. The minimum atomic E-state index is -0.945. The van der Waals surface area contributed by atoms with Crippen LogP contribution in [0.1, 0.15) is 64.5 Å². The largest absolute Gasteiger partial charge is 0.478 e. The molecule has 1 saturated carbocycles. The van der Waals surface area contributed by atoms with Crippen molar-refractivity contribution >= 4 is 17.6 Å². The van der Waals surface area contributed by atoms with Gasteiger partial charge in [-0.2, -0.15) is 0 Å². The van der Waals surface area contributed by atoms with E-state index in [-0.39, 0.29) is 22.2 Å². The van der Waals surface area contributed by atoms with E-state index in [1.165, 1.54) is 11.1 Å². The van der Waals surface area contributed by atoms with Gasteiger partial charge in [-0.1, -0.05) is 54.1 Å². The normalized spacial score (nSPS) is 14.4. The molecule has 4 rings (SSSR count). The lowest BCUT2D eigenvalue weighted by Crippen LogP contribution is -2.31. The summed E-state index contributed by atoms with van der Waals surface area (Å²) >= 11 is 6.38. The van der Waals surface area contributed by atoms with E-state index < -0.39 is 5.97 Å². The Morgan fingerprint density at radius 3 is 2.42 bits per heavy atom. The fourth-order valence-corrected chi connectivity index (χ4v) is 4.48. The highest BCUT2D eigenvalue weighted by molar-refractivity contribution is 6.30. The quantitative estimate of drug-likeness (QED) is 0.453. The molecule has 0 spiro atoms. The number of hydrogen-bond acceptors (Lipinski definition) is 3. The van der Waals surface area contributed by atoms with Gasteiger partial charge in [0.25, 0.3) is 5.56 Å². The summed E-state index contributed by atoms with van der Waals surface area (Å²) in [4.78, 5) is 26.5. The van der Waals surface area contributed by atoms with E-state index in [0.29, 0.717) is 25.4 Å². The molecular formula is C27H29ClN2O3. The van der Waals surface area contributed by atoms with Crippen molar-refractivity contribution in [3.8, 4) is 0 Å². The first-order chi connectivity index (χ1) is 15.8. The number of rotatable bonds is 9. The molecule has 1 fully saturated rings. The van der Waals surface area contributed by atoms with E-state index in [1.54, 1.807) is 12.1 Å². The second-order valence-corrected chi connectivity index (χ2v) is 9.29. The Balaban J connectivity index is 1.63. The number of hydrogen-bond donors (Lipinski definition) is 1. The number of halogens is 1. The summed E-state index contributed by atoms with van der Waals surface area (Å²) in [6, 6.07) is 19.2. The molecule has 1 aliphatic carbocycles. The van der Waals surface area contributed by atoms with Crippen molar-refractivity contribution in [2.45, 2.75) is 51.2 Å². The highest BCUT2D eigenvalue weighted by Crippen LogP contribution is 2.42. The number of pyridine rings is 1. The SMILES string of the molecule is C[C@@H](c1ccccc1)N(C)Cc1c(C2CC2)cc(Cl)c(=O)n1CCc1ccc(C(=O)O)cc1. The Bertz CT molecular complexity index is 1180. The Labute approximate surface area is 199 Å². The van der Waals surface area contributed by atoms with Crippen LogP contribution in [0.4, 0.5) is 0 Å². The number of nitrogens with zero attached hydrogens (tertiary/aromatic N) is 2. The fraction of sp³-hybridized carbons (Fsp3) is 0.333. The van der Waals surface area contributed by atoms with Gasteiger partial charge in [0.2, 0.25) is 0 Å². The molecule has 33 heavy (non-hydrogen) atoms. The van der Waals surface area contributed by atoms with Gasteiger partial charge in [-0.15, -0.1) is 0 Å². The molecule has 5 nitrogen and oxygen atoms in total. The van der Waals surface area contributed by atoms with Crippen LogP contribution < -0.4 is 5.56 Å². The van der Waals surface area contributed by atoms with Gasteiger partial charge >= 0.3 is 5.97 Å². The first-order valence-electron chi connectivity index (χ1n) is 11.3. The van der Waals surface area contributed by atoms with E-state index in [9.17, 15) is 9.59 Å². The van der Waals surface area contributed by atoms with Crippen LogP contribution in [0.5, 0.6) is 0 Å². The average Bonchev–Trinajstić information content (AvgIpc) is 3.66. The molecule has 0 radical (unpaired) electrons. The molecule has 172 valence electrons. The second-order valence-electron chi connectivity index (χ2n) is 8.88. The predicted octanol–water partition coefficient (Wildman–Crippen LogP) is 5.51. The summed E-state index contributed by atoms with van der Waals surface area (Å²) in [5, 5.41) is 9.39.